The first kappa shape index (κ1) is 12.9. The summed E-state index contributed by atoms with van der Waals surface area (Å²) in [6.07, 6.45) is 0. The summed E-state index contributed by atoms with van der Waals surface area (Å²) >= 11 is 9.14. The second-order valence-corrected chi connectivity index (χ2v) is 4.85. The van der Waals surface area contributed by atoms with Crippen LogP contribution in [0.1, 0.15) is 10.4 Å². The van der Waals surface area contributed by atoms with Crippen molar-refractivity contribution >= 4 is 33.5 Å². The summed E-state index contributed by atoms with van der Waals surface area (Å²) in [5, 5.41) is 9.47. The normalized spacial score (nSPS) is 10.1. The Bertz CT molecular complexity index is 581. The number of ether oxygens (including phenoxy) is 1. The maximum absolute atomic E-state index is 11.0. The van der Waals surface area contributed by atoms with Gasteiger partial charge in [0.05, 0.1) is 0 Å². The molecule has 0 heterocycles. The third-order valence-corrected chi connectivity index (χ3v) is 2.98. The molecule has 92 valence electrons. The molecule has 2 aromatic rings. The fourth-order valence-electron chi connectivity index (χ4n) is 1.39. The standard InChI is InChI=1S/C13H8BrClO3/c14-8-1-4-10(5-2-8)18-12-7-9(15)3-6-11(12)13(16)17/h1-7H,(H,16,17). The van der Waals surface area contributed by atoms with Crippen molar-refractivity contribution in [2.75, 3.05) is 0 Å². The molecule has 0 saturated heterocycles. The second-order valence-electron chi connectivity index (χ2n) is 3.50. The van der Waals surface area contributed by atoms with E-state index < -0.39 is 5.97 Å². The summed E-state index contributed by atoms with van der Waals surface area (Å²) in [7, 11) is 0. The maximum Gasteiger partial charge on any atom is 0.339 e. The van der Waals surface area contributed by atoms with Crippen LogP contribution in [-0.4, -0.2) is 11.1 Å². The predicted octanol–water partition coefficient (Wildman–Crippen LogP) is 4.59. The Kier molecular flexibility index (Phi) is 3.89. The van der Waals surface area contributed by atoms with Crippen LogP contribution in [0.25, 0.3) is 0 Å². The number of carbonyl (C=O) groups is 1. The van der Waals surface area contributed by atoms with E-state index in [0.717, 1.165) is 4.47 Å². The first-order chi connectivity index (χ1) is 8.56. The molecule has 0 atom stereocenters. The highest BCUT2D eigenvalue weighted by Crippen LogP contribution is 2.29. The molecule has 0 fully saturated rings. The van der Waals surface area contributed by atoms with Crippen molar-refractivity contribution in [3.05, 3.63) is 57.5 Å². The number of halogens is 2. The molecule has 0 aliphatic heterocycles. The first-order valence-electron chi connectivity index (χ1n) is 5.02. The summed E-state index contributed by atoms with van der Waals surface area (Å²) < 4.78 is 6.44. The number of carboxylic acid groups (broad SMARTS) is 1. The molecule has 0 aromatic heterocycles. The zero-order chi connectivity index (χ0) is 13.1. The summed E-state index contributed by atoms with van der Waals surface area (Å²) in [5.41, 5.74) is 0.0716. The topological polar surface area (TPSA) is 46.5 Å². The first-order valence-corrected chi connectivity index (χ1v) is 6.19. The molecule has 0 bridgehead atoms. The monoisotopic (exact) mass is 326 g/mol. The quantitative estimate of drug-likeness (QED) is 0.896. The fourth-order valence-corrected chi connectivity index (χ4v) is 1.81. The molecule has 3 nitrogen and oxygen atoms in total. The van der Waals surface area contributed by atoms with Crippen LogP contribution in [0, 0.1) is 0 Å². The molecule has 0 saturated carbocycles. The average molecular weight is 328 g/mol. The molecular weight excluding hydrogens is 319 g/mol. The van der Waals surface area contributed by atoms with Gasteiger partial charge in [-0.25, -0.2) is 4.79 Å². The van der Waals surface area contributed by atoms with Crippen molar-refractivity contribution in [1.29, 1.82) is 0 Å². The highest BCUT2D eigenvalue weighted by atomic mass is 79.9. The van der Waals surface area contributed by atoms with Crippen LogP contribution in [0.5, 0.6) is 11.5 Å². The number of hydrogen-bond acceptors (Lipinski definition) is 2. The fraction of sp³-hybridized carbons (Fsp3) is 0. The zero-order valence-electron chi connectivity index (χ0n) is 9.06. The van der Waals surface area contributed by atoms with Gasteiger partial charge in [0.1, 0.15) is 17.1 Å². The lowest BCUT2D eigenvalue weighted by Gasteiger charge is -2.09. The van der Waals surface area contributed by atoms with E-state index in [1.807, 2.05) is 0 Å². The van der Waals surface area contributed by atoms with Crippen LogP contribution in [0.15, 0.2) is 46.9 Å². The van der Waals surface area contributed by atoms with Crippen LogP contribution < -0.4 is 4.74 Å². The summed E-state index contributed by atoms with van der Waals surface area (Å²) in [4.78, 5) is 11.0. The van der Waals surface area contributed by atoms with Crippen LogP contribution in [0.2, 0.25) is 5.02 Å². The third kappa shape index (κ3) is 3.03. The number of aromatic carboxylic acids is 1. The Hall–Kier alpha value is -1.52. The molecule has 2 rings (SSSR count). The lowest BCUT2D eigenvalue weighted by atomic mass is 10.2. The lowest BCUT2D eigenvalue weighted by molar-refractivity contribution is 0.0694. The Labute approximate surface area is 117 Å². The van der Waals surface area contributed by atoms with Crippen molar-refractivity contribution in [3.63, 3.8) is 0 Å². The molecule has 0 amide bonds. The highest BCUT2D eigenvalue weighted by Gasteiger charge is 2.12. The van der Waals surface area contributed by atoms with Gasteiger partial charge in [-0.1, -0.05) is 27.5 Å². The molecule has 0 aliphatic carbocycles. The Balaban J connectivity index is 2.35. The summed E-state index contributed by atoms with van der Waals surface area (Å²) in [6.45, 7) is 0. The van der Waals surface area contributed by atoms with Crippen molar-refractivity contribution < 1.29 is 14.6 Å². The average Bonchev–Trinajstić information content (AvgIpc) is 2.32. The molecule has 0 aliphatic rings. The number of hydrogen-bond donors (Lipinski definition) is 1. The van der Waals surface area contributed by atoms with Crippen LogP contribution in [-0.2, 0) is 0 Å². The lowest BCUT2D eigenvalue weighted by Crippen LogP contribution is -1.99. The van der Waals surface area contributed by atoms with Gasteiger partial charge in [-0.05, 0) is 36.4 Å². The minimum atomic E-state index is -1.06. The highest BCUT2D eigenvalue weighted by molar-refractivity contribution is 9.10. The Morgan fingerprint density at radius 1 is 1.17 bits per heavy atom. The van der Waals surface area contributed by atoms with Gasteiger partial charge in [0, 0.05) is 15.6 Å². The zero-order valence-corrected chi connectivity index (χ0v) is 11.4. The molecule has 1 N–H and O–H groups in total. The van der Waals surface area contributed by atoms with E-state index >= 15 is 0 Å². The molecule has 0 radical (unpaired) electrons. The van der Waals surface area contributed by atoms with Gasteiger partial charge >= 0.3 is 5.97 Å². The van der Waals surface area contributed by atoms with Gasteiger partial charge < -0.3 is 9.84 Å². The minimum absolute atomic E-state index is 0.0716. The Morgan fingerprint density at radius 3 is 2.44 bits per heavy atom. The van der Waals surface area contributed by atoms with Gasteiger partial charge in [-0.3, -0.25) is 0 Å². The molecular formula is C13H8BrClO3. The van der Waals surface area contributed by atoms with Gasteiger partial charge in [-0.2, -0.15) is 0 Å². The van der Waals surface area contributed by atoms with Crippen molar-refractivity contribution in [2.24, 2.45) is 0 Å². The molecule has 0 unspecified atom stereocenters. The van der Waals surface area contributed by atoms with Crippen molar-refractivity contribution in [3.8, 4) is 11.5 Å². The number of carboxylic acids is 1. The largest absolute Gasteiger partial charge is 0.478 e. The van der Waals surface area contributed by atoms with E-state index in [1.165, 1.54) is 18.2 Å². The van der Waals surface area contributed by atoms with E-state index in [4.69, 9.17) is 21.4 Å². The Morgan fingerprint density at radius 2 is 1.83 bits per heavy atom. The van der Waals surface area contributed by atoms with E-state index in [2.05, 4.69) is 15.9 Å². The molecule has 2 aromatic carbocycles. The van der Waals surface area contributed by atoms with Crippen molar-refractivity contribution in [2.45, 2.75) is 0 Å². The summed E-state index contributed by atoms with van der Waals surface area (Å²) in [5.74, 6) is -0.293. The van der Waals surface area contributed by atoms with Crippen LogP contribution >= 0.6 is 27.5 Å². The molecule has 0 spiro atoms. The smallest absolute Gasteiger partial charge is 0.339 e. The minimum Gasteiger partial charge on any atom is -0.478 e. The van der Waals surface area contributed by atoms with E-state index in [1.54, 1.807) is 24.3 Å². The van der Waals surface area contributed by atoms with Crippen LogP contribution in [0.4, 0.5) is 0 Å². The molecule has 18 heavy (non-hydrogen) atoms. The third-order valence-electron chi connectivity index (χ3n) is 2.22. The maximum atomic E-state index is 11.0. The van der Waals surface area contributed by atoms with Gasteiger partial charge in [0.25, 0.3) is 0 Å². The van der Waals surface area contributed by atoms with E-state index in [9.17, 15) is 4.79 Å². The van der Waals surface area contributed by atoms with Gasteiger partial charge in [0.2, 0.25) is 0 Å². The number of rotatable bonds is 3. The van der Waals surface area contributed by atoms with E-state index in [0.29, 0.717) is 10.8 Å². The SMILES string of the molecule is O=C(O)c1ccc(Cl)cc1Oc1ccc(Br)cc1. The predicted molar refractivity (Wildman–Crippen MR) is 72.6 cm³/mol. The molecule has 5 heteroatoms. The number of benzene rings is 2. The van der Waals surface area contributed by atoms with Crippen molar-refractivity contribution in [1.82, 2.24) is 0 Å². The summed E-state index contributed by atoms with van der Waals surface area (Å²) in [6, 6.07) is 11.5. The van der Waals surface area contributed by atoms with E-state index in [-0.39, 0.29) is 11.3 Å². The van der Waals surface area contributed by atoms with Crippen LogP contribution in [0.3, 0.4) is 0 Å². The van der Waals surface area contributed by atoms with Gasteiger partial charge in [0.15, 0.2) is 0 Å². The second kappa shape index (κ2) is 5.42. The van der Waals surface area contributed by atoms with Gasteiger partial charge in [-0.15, -0.1) is 0 Å².